The van der Waals surface area contributed by atoms with Gasteiger partial charge >= 0.3 is 5.97 Å². The second-order valence-corrected chi connectivity index (χ2v) is 4.01. The highest BCUT2D eigenvalue weighted by Crippen LogP contribution is 2.23. The molecule has 1 aromatic rings. The van der Waals surface area contributed by atoms with Gasteiger partial charge in [0.05, 0.1) is 23.8 Å². The summed E-state index contributed by atoms with van der Waals surface area (Å²) in [5, 5.41) is 9.50. The number of nitriles is 1. The van der Waals surface area contributed by atoms with E-state index in [4.69, 9.17) is 10.00 Å². The number of carbonyl (C=O) groups is 1. The Kier molecular flexibility index (Phi) is 5.17. The molecule has 4 heteroatoms. The molecule has 0 heterocycles. The maximum Gasteiger partial charge on any atom is 0.338 e. The number of nitrogens with zero attached hydrogens (tertiary/aromatic N) is 1. The number of halogens is 1. The summed E-state index contributed by atoms with van der Waals surface area (Å²) in [6.45, 7) is 4.08. The van der Waals surface area contributed by atoms with Crippen LogP contribution in [0.2, 0.25) is 0 Å². The molecular weight excluding hydrogens is 282 g/mol. The van der Waals surface area contributed by atoms with Crippen molar-refractivity contribution in [2.45, 2.75) is 25.6 Å². The summed E-state index contributed by atoms with van der Waals surface area (Å²) in [6.07, 6.45) is 0.736. The van der Waals surface area contributed by atoms with Gasteiger partial charge in [-0.15, -0.1) is 0 Å². The Morgan fingerprint density at radius 3 is 2.65 bits per heavy atom. The molecule has 0 fully saturated rings. The van der Waals surface area contributed by atoms with Crippen LogP contribution in [0.15, 0.2) is 12.1 Å². The van der Waals surface area contributed by atoms with E-state index in [0.29, 0.717) is 28.6 Å². The average Bonchev–Trinajstić information content (AvgIpc) is 2.36. The molecule has 0 amide bonds. The fourth-order valence-electron chi connectivity index (χ4n) is 1.69. The zero-order valence-electron chi connectivity index (χ0n) is 9.92. The van der Waals surface area contributed by atoms with Gasteiger partial charge in [-0.05, 0) is 30.5 Å². The summed E-state index contributed by atoms with van der Waals surface area (Å²) in [5.41, 5.74) is 2.68. The highest BCUT2D eigenvalue weighted by Gasteiger charge is 2.19. The molecule has 3 nitrogen and oxygen atoms in total. The quantitative estimate of drug-likeness (QED) is 0.633. The minimum absolute atomic E-state index is 0.334. The molecule has 0 atom stereocenters. The Balaban J connectivity index is 3.41. The van der Waals surface area contributed by atoms with Crippen LogP contribution in [0.5, 0.6) is 0 Å². The molecule has 0 bridgehead atoms. The third-order valence-electron chi connectivity index (χ3n) is 2.51. The lowest BCUT2D eigenvalue weighted by Crippen LogP contribution is -2.12. The number of aryl methyl sites for hydroxylation is 1. The number of hydrogen-bond donors (Lipinski definition) is 0. The van der Waals surface area contributed by atoms with Crippen LogP contribution in [0.25, 0.3) is 0 Å². The van der Waals surface area contributed by atoms with Crippen LogP contribution in [0.3, 0.4) is 0 Å². The van der Waals surface area contributed by atoms with Crippen LogP contribution in [0, 0.1) is 11.3 Å². The average molecular weight is 296 g/mol. The lowest BCUT2D eigenvalue weighted by molar-refractivity contribution is 0.0524. The Hall–Kier alpha value is -1.34. The summed E-state index contributed by atoms with van der Waals surface area (Å²) < 4.78 is 5.04. The van der Waals surface area contributed by atoms with Crippen molar-refractivity contribution in [1.29, 1.82) is 5.26 Å². The van der Waals surface area contributed by atoms with Crippen LogP contribution < -0.4 is 0 Å². The Labute approximate surface area is 110 Å². The molecule has 0 aromatic heterocycles. The minimum atomic E-state index is -0.351. The van der Waals surface area contributed by atoms with Crippen molar-refractivity contribution in [3.8, 4) is 6.07 Å². The van der Waals surface area contributed by atoms with E-state index in [1.165, 1.54) is 0 Å². The van der Waals surface area contributed by atoms with Gasteiger partial charge in [0, 0.05) is 5.33 Å². The van der Waals surface area contributed by atoms with Crippen LogP contribution >= 0.6 is 15.9 Å². The Bertz CT molecular complexity index is 463. The summed E-state index contributed by atoms with van der Waals surface area (Å²) in [5.74, 6) is -0.351. The second-order valence-electron chi connectivity index (χ2n) is 3.45. The van der Waals surface area contributed by atoms with Gasteiger partial charge in [-0.2, -0.15) is 5.26 Å². The third-order valence-corrected chi connectivity index (χ3v) is 3.07. The molecule has 1 rings (SSSR count). The standard InChI is InChI=1S/C13H14BrNO2/c1-3-9-5-6-10(8-15)11(7-14)12(9)13(16)17-4-2/h5-6H,3-4,7H2,1-2H3. The molecule has 0 saturated heterocycles. The highest BCUT2D eigenvalue weighted by atomic mass is 79.9. The predicted molar refractivity (Wildman–Crippen MR) is 69.1 cm³/mol. The van der Waals surface area contributed by atoms with E-state index in [9.17, 15) is 4.79 Å². The zero-order valence-corrected chi connectivity index (χ0v) is 11.5. The minimum Gasteiger partial charge on any atom is -0.462 e. The van der Waals surface area contributed by atoms with Crippen molar-refractivity contribution in [1.82, 2.24) is 0 Å². The molecule has 90 valence electrons. The maximum absolute atomic E-state index is 11.9. The van der Waals surface area contributed by atoms with Gasteiger partial charge < -0.3 is 4.74 Å². The van der Waals surface area contributed by atoms with Crippen molar-refractivity contribution < 1.29 is 9.53 Å². The van der Waals surface area contributed by atoms with Crippen molar-refractivity contribution in [2.75, 3.05) is 6.61 Å². The van der Waals surface area contributed by atoms with Gasteiger partial charge in [-0.25, -0.2) is 4.79 Å². The van der Waals surface area contributed by atoms with E-state index in [1.807, 2.05) is 13.0 Å². The lowest BCUT2D eigenvalue weighted by atomic mass is 9.96. The largest absolute Gasteiger partial charge is 0.462 e. The van der Waals surface area contributed by atoms with Gasteiger partial charge in [-0.3, -0.25) is 0 Å². The van der Waals surface area contributed by atoms with E-state index < -0.39 is 0 Å². The maximum atomic E-state index is 11.9. The Morgan fingerprint density at radius 1 is 1.47 bits per heavy atom. The monoisotopic (exact) mass is 295 g/mol. The number of esters is 1. The third kappa shape index (κ3) is 2.86. The molecule has 0 radical (unpaired) electrons. The molecule has 1 aromatic carbocycles. The molecule has 0 aliphatic carbocycles. The first-order chi connectivity index (χ1) is 8.19. The molecule has 0 N–H and O–H groups in total. The Morgan fingerprint density at radius 2 is 2.18 bits per heavy atom. The molecule has 0 aliphatic heterocycles. The number of hydrogen-bond acceptors (Lipinski definition) is 3. The van der Waals surface area contributed by atoms with Crippen molar-refractivity contribution in [2.24, 2.45) is 0 Å². The molecular formula is C13H14BrNO2. The van der Waals surface area contributed by atoms with Crippen molar-refractivity contribution in [3.63, 3.8) is 0 Å². The predicted octanol–water partition coefficient (Wildman–Crippen LogP) is 3.19. The smallest absolute Gasteiger partial charge is 0.338 e. The first kappa shape index (κ1) is 13.7. The molecule has 0 saturated carbocycles. The van der Waals surface area contributed by atoms with Crippen molar-refractivity contribution in [3.05, 3.63) is 34.4 Å². The van der Waals surface area contributed by atoms with Gasteiger partial charge in [-0.1, -0.05) is 28.9 Å². The number of benzene rings is 1. The van der Waals surface area contributed by atoms with E-state index in [2.05, 4.69) is 22.0 Å². The first-order valence-electron chi connectivity index (χ1n) is 5.47. The molecule has 17 heavy (non-hydrogen) atoms. The van der Waals surface area contributed by atoms with Crippen LogP contribution in [0.4, 0.5) is 0 Å². The van der Waals surface area contributed by atoms with E-state index in [-0.39, 0.29) is 5.97 Å². The topological polar surface area (TPSA) is 50.1 Å². The number of ether oxygens (including phenoxy) is 1. The summed E-state index contributed by atoms with van der Waals surface area (Å²) in [6, 6.07) is 5.66. The van der Waals surface area contributed by atoms with Crippen LogP contribution in [-0.2, 0) is 16.5 Å². The van der Waals surface area contributed by atoms with Gasteiger partial charge in [0.15, 0.2) is 0 Å². The molecule has 0 aliphatic rings. The van der Waals surface area contributed by atoms with E-state index in [1.54, 1.807) is 13.0 Å². The second kappa shape index (κ2) is 6.41. The lowest BCUT2D eigenvalue weighted by Gasteiger charge is -2.12. The fourth-order valence-corrected chi connectivity index (χ4v) is 2.27. The van der Waals surface area contributed by atoms with Gasteiger partial charge in [0.2, 0.25) is 0 Å². The van der Waals surface area contributed by atoms with E-state index >= 15 is 0 Å². The number of alkyl halides is 1. The van der Waals surface area contributed by atoms with E-state index in [0.717, 1.165) is 12.0 Å². The zero-order chi connectivity index (χ0) is 12.8. The molecule has 0 spiro atoms. The SMILES string of the molecule is CCOC(=O)c1c(CC)ccc(C#N)c1CBr. The number of carbonyl (C=O) groups excluding carboxylic acids is 1. The summed E-state index contributed by atoms with van der Waals surface area (Å²) >= 11 is 3.32. The van der Waals surface area contributed by atoms with Gasteiger partial charge in [0.25, 0.3) is 0 Å². The van der Waals surface area contributed by atoms with Crippen LogP contribution in [0.1, 0.15) is 40.9 Å². The first-order valence-corrected chi connectivity index (χ1v) is 6.59. The summed E-state index contributed by atoms with van der Waals surface area (Å²) in [4.78, 5) is 11.9. The van der Waals surface area contributed by atoms with Crippen LogP contribution in [-0.4, -0.2) is 12.6 Å². The normalized spacial score (nSPS) is 9.76. The highest BCUT2D eigenvalue weighted by molar-refractivity contribution is 9.08. The fraction of sp³-hybridized carbons (Fsp3) is 0.385. The molecule has 0 unspecified atom stereocenters. The number of rotatable bonds is 4. The van der Waals surface area contributed by atoms with Gasteiger partial charge in [0.1, 0.15) is 0 Å². The summed E-state index contributed by atoms with van der Waals surface area (Å²) in [7, 11) is 0. The van der Waals surface area contributed by atoms with Crippen molar-refractivity contribution >= 4 is 21.9 Å².